The third-order valence-corrected chi connectivity index (χ3v) is 4.23. The summed E-state index contributed by atoms with van der Waals surface area (Å²) < 4.78 is 10.3. The van der Waals surface area contributed by atoms with Gasteiger partial charge in [-0.15, -0.1) is 0 Å². The summed E-state index contributed by atoms with van der Waals surface area (Å²) in [5, 5.41) is 0. The number of carbonyl (C=O) groups is 1. The van der Waals surface area contributed by atoms with Crippen LogP contribution < -0.4 is 0 Å². The van der Waals surface area contributed by atoms with E-state index in [0.29, 0.717) is 12.5 Å². The number of hydrogen-bond donors (Lipinski definition) is 0. The minimum atomic E-state index is 0.0190. The van der Waals surface area contributed by atoms with Gasteiger partial charge in [0.1, 0.15) is 5.76 Å². The molecule has 1 aromatic heterocycles. The molecular formula is C13H16O3. The van der Waals surface area contributed by atoms with Crippen molar-refractivity contribution >= 4 is 5.97 Å². The molecule has 2 aliphatic rings. The van der Waals surface area contributed by atoms with Crippen LogP contribution in [0.4, 0.5) is 0 Å². The Kier molecular flexibility index (Phi) is 2.09. The van der Waals surface area contributed by atoms with Gasteiger partial charge in [0.2, 0.25) is 0 Å². The van der Waals surface area contributed by atoms with Gasteiger partial charge in [-0.25, -0.2) is 0 Å². The van der Waals surface area contributed by atoms with Gasteiger partial charge >= 0.3 is 5.97 Å². The quantitative estimate of drug-likeness (QED) is 0.731. The largest absolute Gasteiger partial charge is 0.469 e. The smallest absolute Gasteiger partial charge is 0.309 e. The van der Waals surface area contributed by atoms with Crippen LogP contribution in [0.1, 0.15) is 25.5 Å². The van der Waals surface area contributed by atoms with Crippen molar-refractivity contribution in [3.63, 3.8) is 0 Å². The Morgan fingerprint density at radius 3 is 3.06 bits per heavy atom. The summed E-state index contributed by atoms with van der Waals surface area (Å²) >= 11 is 0. The molecule has 0 aromatic carbocycles. The molecule has 2 fully saturated rings. The minimum absolute atomic E-state index is 0.0190. The molecule has 0 N–H and O–H groups in total. The number of aryl methyl sites for hydroxylation is 1. The normalized spacial score (nSPS) is 35.9. The highest BCUT2D eigenvalue weighted by atomic mass is 16.5. The Morgan fingerprint density at radius 1 is 1.56 bits per heavy atom. The van der Waals surface area contributed by atoms with Crippen molar-refractivity contribution in [3.05, 3.63) is 24.2 Å². The Bertz CT molecular complexity index is 395. The van der Waals surface area contributed by atoms with Gasteiger partial charge in [-0.3, -0.25) is 4.79 Å². The van der Waals surface area contributed by atoms with Crippen molar-refractivity contribution in [1.82, 2.24) is 0 Å². The highest BCUT2D eigenvalue weighted by molar-refractivity contribution is 5.80. The van der Waals surface area contributed by atoms with Gasteiger partial charge in [0.05, 0.1) is 18.8 Å². The number of cyclic esters (lactones) is 1. The molecule has 0 bridgehead atoms. The topological polar surface area (TPSA) is 39.4 Å². The van der Waals surface area contributed by atoms with E-state index >= 15 is 0 Å². The number of furan rings is 1. The van der Waals surface area contributed by atoms with Gasteiger partial charge < -0.3 is 9.15 Å². The van der Waals surface area contributed by atoms with E-state index in [1.54, 1.807) is 6.26 Å². The maximum Gasteiger partial charge on any atom is 0.309 e. The van der Waals surface area contributed by atoms with E-state index in [2.05, 4.69) is 6.92 Å². The van der Waals surface area contributed by atoms with Crippen molar-refractivity contribution in [2.75, 3.05) is 6.61 Å². The maximum absolute atomic E-state index is 11.4. The predicted molar refractivity (Wildman–Crippen MR) is 57.7 cm³/mol. The fraction of sp³-hybridized carbons (Fsp3) is 0.615. The van der Waals surface area contributed by atoms with Crippen LogP contribution >= 0.6 is 0 Å². The first kappa shape index (κ1) is 9.94. The van der Waals surface area contributed by atoms with Crippen LogP contribution in [0.15, 0.2) is 22.8 Å². The zero-order valence-corrected chi connectivity index (χ0v) is 9.44. The third-order valence-electron chi connectivity index (χ3n) is 4.23. The molecule has 3 atom stereocenters. The Morgan fingerprint density at radius 2 is 2.44 bits per heavy atom. The molecule has 1 aliphatic carbocycles. The summed E-state index contributed by atoms with van der Waals surface area (Å²) in [5.74, 6) is 1.73. The second kappa shape index (κ2) is 3.37. The Labute approximate surface area is 94.8 Å². The first-order valence-corrected chi connectivity index (χ1v) is 5.91. The van der Waals surface area contributed by atoms with Gasteiger partial charge in [-0.2, -0.15) is 0 Å². The summed E-state index contributed by atoms with van der Waals surface area (Å²) in [7, 11) is 0. The molecule has 1 saturated carbocycles. The predicted octanol–water partition coefficient (Wildman–Crippen LogP) is 2.41. The average molecular weight is 220 g/mol. The molecule has 2 heterocycles. The van der Waals surface area contributed by atoms with Gasteiger partial charge in [-0.05, 0) is 30.4 Å². The summed E-state index contributed by atoms with van der Waals surface area (Å²) in [5.41, 5.74) is 0.210. The molecule has 0 spiro atoms. The van der Waals surface area contributed by atoms with Crippen molar-refractivity contribution in [2.24, 2.45) is 17.3 Å². The van der Waals surface area contributed by atoms with E-state index in [-0.39, 0.29) is 17.3 Å². The van der Waals surface area contributed by atoms with Gasteiger partial charge in [0.25, 0.3) is 0 Å². The van der Waals surface area contributed by atoms with E-state index in [1.807, 2.05) is 12.1 Å². The Balaban J connectivity index is 1.52. The highest BCUT2D eigenvalue weighted by Crippen LogP contribution is 2.64. The van der Waals surface area contributed by atoms with Gasteiger partial charge in [0, 0.05) is 12.3 Å². The van der Waals surface area contributed by atoms with Gasteiger partial charge in [0.15, 0.2) is 0 Å². The van der Waals surface area contributed by atoms with E-state index in [9.17, 15) is 4.79 Å². The highest BCUT2D eigenvalue weighted by Gasteiger charge is 2.68. The second-order valence-corrected chi connectivity index (χ2v) is 5.15. The van der Waals surface area contributed by atoms with Crippen LogP contribution in [0.25, 0.3) is 0 Å². The fourth-order valence-electron chi connectivity index (χ4n) is 3.08. The van der Waals surface area contributed by atoms with Gasteiger partial charge in [-0.1, -0.05) is 6.92 Å². The molecule has 3 nitrogen and oxygen atoms in total. The molecule has 3 rings (SSSR count). The molecule has 1 aliphatic heterocycles. The second-order valence-electron chi connectivity index (χ2n) is 5.15. The third kappa shape index (κ3) is 1.38. The first-order chi connectivity index (χ1) is 7.72. The maximum atomic E-state index is 11.4. The fourth-order valence-corrected chi connectivity index (χ4v) is 3.08. The van der Waals surface area contributed by atoms with Crippen molar-refractivity contribution in [2.45, 2.75) is 26.2 Å². The number of carbonyl (C=O) groups excluding carboxylic acids is 1. The van der Waals surface area contributed by atoms with Crippen molar-refractivity contribution in [3.8, 4) is 0 Å². The van der Waals surface area contributed by atoms with Crippen LogP contribution in [0, 0.1) is 17.3 Å². The zero-order chi connectivity index (χ0) is 11.2. The summed E-state index contributed by atoms with van der Waals surface area (Å²) in [6.45, 7) is 2.85. The number of hydrogen-bond acceptors (Lipinski definition) is 3. The Hall–Kier alpha value is -1.25. The monoisotopic (exact) mass is 220 g/mol. The van der Waals surface area contributed by atoms with E-state index in [0.717, 1.165) is 25.0 Å². The van der Waals surface area contributed by atoms with Crippen molar-refractivity contribution < 1.29 is 13.9 Å². The number of ether oxygens (including phenoxy) is 1. The van der Waals surface area contributed by atoms with Crippen LogP contribution in [-0.4, -0.2) is 12.6 Å². The molecular weight excluding hydrogens is 204 g/mol. The summed E-state index contributed by atoms with van der Waals surface area (Å²) in [6, 6.07) is 3.92. The lowest BCUT2D eigenvalue weighted by atomic mass is 9.95. The van der Waals surface area contributed by atoms with Crippen LogP contribution in [0.2, 0.25) is 0 Å². The van der Waals surface area contributed by atoms with Crippen LogP contribution in [0.5, 0.6) is 0 Å². The lowest BCUT2D eigenvalue weighted by molar-refractivity contribution is -0.143. The van der Waals surface area contributed by atoms with E-state index < -0.39 is 0 Å². The average Bonchev–Trinajstić information content (AvgIpc) is 2.66. The molecule has 1 saturated heterocycles. The standard InChI is InChI=1S/C13H16O3/c1-13(10-8-16-12(14)11(10)13)6-2-4-9-5-3-7-15-9/h3,5,7,10-11H,2,4,6,8H2,1H3/t10-,11-,13-/m1/s1. The van der Waals surface area contributed by atoms with Crippen LogP contribution in [0.3, 0.4) is 0 Å². The minimum Gasteiger partial charge on any atom is -0.469 e. The lowest BCUT2D eigenvalue weighted by Gasteiger charge is -2.13. The first-order valence-electron chi connectivity index (χ1n) is 5.91. The molecule has 0 unspecified atom stereocenters. The number of rotatable bonds is 4. The molecule has 0 amide bonds. The molecule has 3 heteroatoms. The molecule has 1 aromatic rings. The van der Waals surface area contributed by atoms with Crippen LogP contribution in [-0.2, 0) is 16.0 Å². The molecule has 16 heavy (non-hydrogen) atoms. The van der Waals surface area contributed by atoms with E-state index in [4.69, 9.17) is 9.15 Å². The number of fused-ring (bicyclic) bond motifs is 1. The molecule has 0 radical (unpaired) electrons. The number of esters is 1. The summed E-state index contributed by atoms with van der Waals surface area (Å²) in [6.07, 6.45) is 4.86. The lowest BCUT2D eigenvalue weighted by Crippen LogP contribution is -2.13. The van der Waals surface area contributed by atoms with Crippen molar-refractivity contribution in [1.29, 1.82) is 0 Å². The SMILES string of the molecule is C[C@@]1(CCCc2ccco2)[C@@H]2COC(=O)[C@@H]21. The zero-order valence-electron chi connectivity index (χ0n) is 9.44. The molecule has 86 valence electrons. The summed E-state index contributed by atoms with van der Waals surface area (Å²) in [4.78, 5) is 11.4. The van der Waals surface area contributed by atoms with E-state index in [1.165, 1.54) is 0 Å².